The molecule has 1 unspecified atom stereocenters. The summed E-state index contributed by atoms with van der Waals surface area (Å²) >= 11 is 0. The van der Waals surface area contributed by atoms with E-state index in [1.165, 1.54) is 25.7 Å². The Bertz CT molecular complexity index is 511. The van der Waals surface area contributed by atoms with E-state index < -0.39 is 0 Å². The molecular weight excluding hydrogens is 298 g/mol. The number of hydrogen-bond donors (Lipinski definition) is 3. The fraction of sp³-hybridized carbons (Fsp3) is 0.650. The Morgan fingerprint density at radius 1 is 1.12 bits per heavy atom. The van der Waals surface area contributed by atoms with Gasteiger partial charge in [-0.05, 0) is 55.9 Å². The lowest BCUT2D eigenvalue weighted by molar-refractivity contribution is 0.265. The fourth-order valence-electron chi connectivity index (χ4n) is 3.50. The summed E-state index contributed by atoms with van der Waals surface area (Å²) in [6.07, 6.45) is 5.62. The molecule has 1 aromatic rings. The van der Waals surface area contributed by atoms with Crippen molar-refractivity contribution >= 4 is 5.96 Å². The standard InChI is InChI=1S/C20H31N3O/c1-2-21-20(23-13-19(16-8-9-16)17-10-11-17)22-12-18(14-24)15-6-4-3-5-7-15/h3-7,16-19,24H,2,8-14H2,1H3,(H2,21,22,23). The quantitative estimate of drug-likeness (QED) is 0.482. The predicted molar refractivity (Wildman–Crippen MR) is 99.2 cm³/mol. The van der Waals surface area contributed by atoms with Crippen LogP contribution in [0.15, 0.2) is 35.3 Å². The van der Waals surface area contributed by atoms with E-state index in [0.717, 1.165) is 42.4 Å². The zero-order valence-corrected chi connectivity index (χ0v) is 14.7. The molecule has 132 valence electrons. The van der Waals surface area contributed by atoms with Gasteiger partial charge < -0.3 is 15.7 Å². The Balaban J connectivity index is 1.55. The molecule has 0 aromatic heterocycles. The minimum Gasteiger partial charge on any atom is -0.396 e. The lowest BCUT2D eigenvalue weighted by atomic mass is 9.98. The van der Waals surface area contributed by atoms with Crippen molar-refractivity contribution in [2.45, 2.75) is 38.5 Å². The molecule has 0 saturated heterocycles. The van der Waals surface area contributed by atoms with Crippen molar-refractivity contribution in [1.29, 1.82) is 0 Å². The average molecular weight is 329 g/mol. The van der Waals surface area contributed by atoms with Crippen molar-refractivity contribution in [3.05, 3.63) is 35.9 Å². The molecule has 0 radical (unpaired) electrons. The molecule has 2 saturated carbocycles. The van der Waals surface area contributed by atoms with E-state index in [2.05, 4.69) is 29.7 Å². The largest absolute Gasteiger partial charge is 0.396 e. The molecular formula is C20H31N3O. The summed E-state index contributed by atoms with van der Waals surface area (Å²) in [5.41, 5.74) is 1.16. The van der Waals surface area contributed by atoms with Gasteiger partial charge in [0.25, 0.3) is 0 Å². The normalized spacial score (nSPS) is 19.4. The summed E-state index contributed by atoms with van der Waals surface area (Å²) in [7, 11) is 0. The number of hydrogen-bond acceptors (Lipinski definition) is 2. The van der Waals surface area contributed by atoms with Gasteiger partial charge in [-0.1, -0.05) is 30.3 Å². The SMILES string of the molecule is CCNC(=NCC(C1CC1)C1CC1)NCC(CO)c1ccccc1. The summed E-state index contributed by atoms with van der Waals surface area (Å²) in [5.74, 6) is 3.64. The van der Waals surface area contributed by atoms with E-state index >= 15 is 0 Å². The molecule has 0 amide bonds. The number of aliphatic hydroxyl groups is 1. The molecule has 0 spiro atoms. The summed E-state index contributed by atoms with van der Waals surface area (Å²) in [5, 5.41) is 16.5. The average Bonchev–Trinajstić information content (AvgIpc) is 3.50. The van der Waals surface area contributed by atoms with Crippen LogP contribution in [-0.4, -0.2) is 37.3 Å². The number of benzene rings is 1. The van der Waals surface area contributed by atoms with Crippen molar-refractivity contribution in [3.8, 4) is 0 Å². The molecule has 4 heteroatoms. The third kappa shape index (κ3) is 4.97. The Kier molecular flexibility index (Phi) is 6.13. The van der Waals surface area contributed by atoms with Crippen LogP contribution in [0.3, 0.4) is 0 Å². The number of nitrogens with zero attached hydrogens (tertiary/aromatic N) is 1. The van der Waals surface area contributed by atoms with Crippen molar-refractivity contribution < 1.29 is 5.11 Å². The molecule has 0 aliphatic heterocycles. The van der Waals surface area contributed by atoms with E-state index in [1.807, 2.05) is 18.2 Å². The zero-order chi connectivity index (χ0) is 16.8. The van der Waals surface area contributed by atoms with Gasteiger partial charge in [-0.2, -0.15) is 0 Å². The van der Waals surface area contributed by atoms with Crippen LogP contribution in [0.25, 0.3) is 0 Å². The van der Waals surface area contributed by atoms with E-state index in [4.69, 9.17) is 4.99 Å². The highest BCUT2D eigenvalue weighted by molar-refractivity contribution is 5.79. The fourth-order valence-corrected chi connectivity index (χ4v) is 3.50. The lowest BCUT2D eigenvalue weighted by Gasteiger charge is -2.19. The first-order valence-electron chi connectivity index (χ1n) is 9.49. The molecule has 3 N–H and O–H groups in total. The molecule has 4 nitrogen and oxygen atoms in total. The number of guanidine groups is 1. The molecule has 2 fully saturated rings. The summed E-state index contributed by atoms with van der Waals surface area (Å²) in [6, 6.07) is 10.2. The monoisotopic (exact) mass is 329 g/mol. The van der Waals surface area contributed by atoms with E-state index in [-0.39, 0.29) is 12.5 Å². The first-order chi connectivity index (χ1) is 11.8. The number of aliphatic imine (C=N–C) groups is 1. The van der Waals surface area contributed by atoms with Crippen LogP contribution in [0.1, 0.15) is 44.1 Å². The highest BCUT2D eigenvalue weighted by atomic mass is 16.3. The minimum atomic E-state index is 0.0951. The Morgan fingerprint density at radius 2 is 1.79 bits per heavy atom. The topological polar surface area (TPSA) is 56.7 Å². The van der Waals surface area contributed by atoms with Gasteiger partial charge >= 0.3 is 0 Å². The van der Waals surface area contributed by atoms with Crippen molar-refractivity contribution in [2.75, 3.05) is 26.2 Å². The highest BCUT2D eigenvalue weighted by Crippen LogP contribution is 2.49. The van der Waals surface area contributed by atoms with Crippen LogP contribution in [0.5, 0.6) is 0 Å². The first kappa shape index (κ1) is 17.3. The van der Waals surface area contributed by atoms with E-state index in [1.54, 1.807) is 0 Å². The van der Waals surface area contributed by atoms with Crippen molar-refractivity contribution in [1.82, 2.24) is 10.6 Å². The van der Waals surface area contributed by atoms with Crippen LogP contribution in [0.4, 0.5) is 0 Å². The molecule has 1 atom stereocenters. The van der Waals surface area contributed by atoms with Gasteiger partial charge in [-0.15, -0.1) is 0 Å². The molecule has 2 aliphatic carbocycles. The third-order valence-electron chi connectivity index (χ3n) is 5.27. The zero-order valence-electron chi connectivity index (χ0n) is 14.7. The molecule has 0 heterocycles. The lowest BCUT2D eigenvalue weighted by Crippen LogP contribution is -2.40. The molecule has 0 bridgehead atoms. The van der Waals surface area contributed by atoms with E-state index in [9.17, 15) is 5.11 Å². The maximum Gasteiger partial charge on any atom is 0.191 e. The maximum atomic E-state index is 9.70. The molecule has 1 aromatic carbocycles. The van der Waals surface area contributed by atoms with Gasteiger partial charge in [0.05, 0.1) is 6.61 Å². The van der Waals surface area contributed by atoms with Crippen LogP contribution < -0.4 is 10.6 Å². The summed E-state index contributed by atoms with van der Waals surface area (Å²) in [6.45, 7) is 4.74. The van der Waals surface area contributed by atoms with Crippen LogP contribution in [0, 0.1) is 17.8 Å². The van der Waals surface area contributed by atoms with Crippen LogP contribution in [-0.2, 0) is 0 Å². The van der Waals surface area contributed by atoms with Gasteiger partial charge in [-0.3, -0.25) is 4.99 Å². The first-order valence-corrected chi connectivity index (χ1v) is 9.49. The second-order valence-electron chi connectivity index (χ2n) is 7.23. The maximum absolute atomic E-state index is 9.70. The Morgan fingerprint density at radius 3 is 2.33 bits per heavy atom. The second-order valence-corrected chi connectivity index (χ2v) is 7.23. The summed E-state index contributed by atoms with van der Waals surface area (Å²) in [4.78, 5) is 4.85. The third-order valence-corrected chi connectivity index (χ3v) is 5.27. The molecule has 3 rings (SSSR count). The Labute approximate surface area is 145 Å². The Hall–Kier alpha value is -1.55. The second kappa shape index (κ2) is 8.52. The van der Waals surface area contributed by atoms with E-state index in [0.29, 0.717) is 6.54 Å². The van der Waals surface area contributed by atoms with Crippen molar-refractivity contribution in [2.24, 2.45) is 22.7 Å². The van der Waals surface area contributed by atoms with Crippen molar-refractivity contribution in [3.63, 3.8) is 0 Å². The predicted octanol–water partition coefficient (Wildman–Crippen LogP) is 2.75. The molecule has 24 heavy (non-hydrogen) atoms. The number of aliphatic hydroxyl groups excluding tert-OH is 1. The van der Waals surface area contributed by atoms with Gasteiger partial charge in [0.2, 0.25) is 0 Å². The number of rotatable bonds is 9. The van der Waals surface area contributed by atoms with Gasteiger partial charge in [0, 0.05) is 25.6 Å². The summed E-state index contributed by atoms with van der Waals surface area (Å²) < 4.78 is 0. The molecule has 2 aliphatic rings. The smallest absolute Gasteiger partial charge is 0.191 e. The number of nitrogens with one attached hydrogen (secondary N) is 2. The van der Waals surface area contributed by atoms with Crippen LogP contribution in [0.2, 0.25) is 0 Å². The van der Waals surface area contributed by atoms with Gasteiger partial charge in [-0.25, -0.2) is 0 Å². The van der Waals surface area contributed by atoms with Crippen LogP contribution >= 0.6 is 0 Å². The highest BCUT2D eigenvalue weighted by Gasteiger charge is 2.41. The van der Waals surface area contributed by atoms with Gasteiger partial charge in [0.1, 0.15) is 0 Å². The van der Waals surface area contributed by atoms with Gasteiger partial charge in [0.15, 0.2) is 5.96 Å². The minimum absolute atomic E-state index is 0.0951.